The second-order valence-electron chi connectivity index (χ2n) is 7.53. The minimum Gasteiger partial charge on any atom is -0.481 e. The lowest BCUT2D eigenvalue weighted by atomic mass is 10.1. The molecule has 2 aromatic rings. The number of rotatable bonds is 7. The first kappa shape index (κ1) is 24.0. The third-order valence-electron chi connectivity index (χ3n) is 5.19. The molecule has 0 bridgehead atoms. The van der Waals surface area contributed by atoms with Crippen molar-refractivity contribution >= 4 is 16.0 Å². The summed E-state index contributed by atoms with van der Waals surface area (Å²) in [4.78, 5) is 13.1. The van der Waals surface area contributed by atoms with Crippen LogP contribution in [0, 0.1) is 6.92 Å². The minimum atomic E-state index is -4.74. The Morgan fingerprint density at radius 1 is 1.06 bits per heavy atom. The van der Waals surface area contributed by atoms with Gasteiger partial charge in [0, 0.05) is 32.7 Å². The summed E-state index contributed by atoms with van der Waals surface area (Å²) >= 11 is 0. The molecule has 0 spiro atoms. The van der Waals surface area contributed by atoms with Gasteiger partial charge in [0.25, 0.3) is 0 Å². The standard InChI is InChI=1S/C21H23F3N2O5S/c1-15-2-7-19(12-17(15)13-20(27)28)32(29,30)26-10-8-25(9-11-26)14-16-3-5-18(6-4-16)31-21(22,23)24/h2-7,12H,8-11,13-14H2,1H3,(H,27,28). The summed E-state index contributed by atoms with van der Waals surface area (Å²) in [5.74, 6) is -1.33. The molecule has 1 heterocycles. The molecule has 7 nitrogen and oxygen atoms in total. The molecule has 32 heavy (non-hydrogen) atoms. The molecule has 0 amide bonds. The molecule has 0 atom stereocenters. The van der Waals surface area contributed by atoms with Crippen LogP contribution in [-0.4, -0.2) is 61.2 Å². The Morgan fingerprint density at radius 2 is 1.69 bits per heavy atom. The van der Waals surface area contributed by atoms with Gasteiger partial charge in [-0.1, -0.05) is 18.2 Å². The average molecular weight is 472 g/mol. The number of halogens is 3. The predicted octanol–water partition coefficient (Wildman–Crippen LogP) is 3.03. The third-order valence-corrected chi connectivity index (χ3v) is 7.09. The van der Waals surface area contributed by atoms with Crippen LogP contribution in [0.3, 0.4) is 0 Å². The summed E-state index contributed by atoms with van der Waals surface area (Å²) in [6.07, 6.45) is -5.00. The normalized spacial score (nSPS) is 16.1. The molecule has 1 N–H and O–H groups in total. The van der Waals surface area contributed by atoms with Gasteiger partial charge in [0.05, 0.1) is 11.3 Å². The number of aliphatic carboxylic acids is 1. The number of piperazine rings is 1. The number of benzene rings is 2. The SMILES string of the molecule is Cc1ccc(S(=O)(=O)N2CCN(Cc3ccc(OC(F)(F)F)cc3)CC2)cc1CC(=O)O. The Labute approximate surface area is 184 Å². The maximum atomic E-state index is 13.0. The maximum absolute atomic E-state index is 13.0. The monoisotopic (exact) mass is 472 g/mol. The number of aryl methyl sites for hydroxylation is 1. The lowest BCUT2D eigenvalue weighted by Crippen LogP contribution is -2.48. The molecule has 0 aromatic heterocycles. The van der Waals surface area contributed by atoms with E-state index >= 15 is 0 Å². The molecular formula is C21H23F3N2O5S. The van der Waals surface area contributed by atoms with Crippen molar-refractivity contribution < 1.29 is 36.2 Å². The zero-order chi connectivity index (χ0) is 23.5. The molecule has 0 aliphatic carbocycles. The number of ether oxygens (including phenoxy) is 1. The first-order valence-corrected chi connectivity index (χ1v) is 11.3. The molecule has 0 unspecified atom stereocenters. The van der Waals surface area contributed by atoms with E-state index in [1.54, 1.807) is 25.1 Å². The third kappa shape index (κ3) is 6.21. The highest BCUT2D eigenvalue weighted by Crippen LogP contribution is 2.24. The highest BCUT2D eigenvalue weighted by molar-refractivity contribution is 7.89. The summed E-state index contributed by atoms with van der Waals surface area (Å²) in [7, 11) is -3.77. The van der Waals surface area contributed by atoms with Crippen molar-refractivity contribution in [2.24, 2.45) is 0 Å². The van der Waals surface area contributed by atoms with Gasteiger partial charge in [-0.2, -0.15) is 4.31 Å². The van der Waals surface area contributed by atoms with E-state index in [0.717, 1.165) is 5.56 Å². The van der Waals surface area contributed by atoms with Gasteiger partial charge in [0.2, 0.25) is 10.0 Å². The van der Waals surface area contributed by atoms with E-state index in [2.05, 4.69) is 4.74 Å². The fourth-order valence-electron chi connectivity index (χ4n) is 3.49. The van der Waals surface area contributed by atoms with Crippen molar-refractivity contribution in [2.75, 3.05) is 26.2 Å². The van der Waals surface area contributed by atoms with E-state index in [4.69, 9.17) is 5.11 Å². The smallest absolute Gasteiger partial charge is 0.481 e. The largest absolute Gasteiger partial charge is 0.573 e. The van der Waals surface area contributed by atoms with E-state index in [1.807, 2.05) is 4.90 Å². The van der Waals surface area contributed by atoms with Crippen molar-refractivity contribution in [3.05, 3.63) is 59.2 Å². The number of carboxylic acid groups (broad SMARTS) is 1. The highest BCUT2D eigenvalue weighted by Gasteiger charge is 2.31. The van der Waals surface area contributed by atoms with Gasteiger partial charge < -0.3 is 9.84 Å². The molecule has 1 aliphatic heterocycles. The molecule has 174 valence electrons. The highest BCUT2D eigenvalue weighted by atomic mass is 32.2. The first-order valence-electron chi connectivity index (χ1n) is 9.82. The molecular weight excluding hydrogens is 449 g/mol. The van der Waals surface area contributed by atoms with Crippen molar-refractivity contribution in [1.29, 1.82) is 0 Å². The van der Waals surface area contributed by atoms with Crippen molar-refractivity contribution in [1.82, 2.24) is 9.21 Å². The summed E-state index contributed by atoms with van der Waals surface area (Å²) in [5, 5.41) is 9.03. The molecule has 1 fully saturated rings. The van der Waals surface area contributed by atoms with Gasteiger partial charge in [0.1, 0.15) is 5.75 Å². The van der Waals surface area contributed by atoms with Crippen molar-refractivity contribution in [3.63, 3.8) is 0 Å². The van der Waals surface area contributed by atoms with Gasteiger partial charge in [-0.25, -0.2) is 8.42 Å². The van der Waals surface area contributed by atoms with E-state index in [-0.39, 0.29) is 30.2 Å². The van der Waals surface area contributed by atoms with Gasteiger partial charge in [-0.05, 0) is 47.9 Å². The summed E-state index contributed by atoms with van der Waals surface area (Å²) < 4.78 is 68.0. The first-order chi connectivity index (χ1) is 14.9. The maximum Gasteiger partial charge on any atom is 0.573 e. The lowest BCUT2D eigenvalue weighted by molar-refractivity contribution is -0.274. The van der Waals surface area contributed by atoms with E-state index in [9.17, 15) is 26.4 Å². The summed E-state index contributed by atoms with van der Waals surface area (Å²) in [6.45, 7) is 3.60. The van der Waals surface area contributed by atoms with Crippen LogP contribution >= 0.6 is 0 Å². The van der Waals surface area contributed by atoms with Gasteiger partial charge in [-0.15, -0.1) is 13.2 Å². The van der Waals surface area contributed by atoms with E-state index in [0.29, 0.717) is 30.8 Å². The van der Waals surface area contributed by atoms with Crippen LogP contribution in [0.4, 0.5) is 13.2 Å². The van der Waals surface area contributed by atoms with E-state index < -0.39 is 22.4 Å². The Morgan fingerprint density at radius 3 is 2.25 bits per heavy atom. The average Bonchev–Trinajstić information content (AvgIpc) is 2.70. The zero-order valence-electron chi connectivity index (χ0n) is 17.3. The summed E-state index contributed by atoms with van der Waals surface area (Å²) in [5.41, 5.74) is 1.95. The van der Waals surface area contributed by atoms with Gasteiger partial charge in [0.15, 0.2) is 0 Å². The van der Waals surface area contributed by atoms with Crippen LogP contribution in [0.2, 0.25) is 0 Å². The van der Waals surface area contributed by atoms with Gasteiger partial charge >= 0.3 is 12.3 Å². The summed E-state index contributed by atoms with van der Waals surface area (Å²) in [6, 6.07) is 10.1. The number of sulfonamides is 1. The van der Waals surface area contributed by atoms with Crippen molar-refractivity contribution in [2.45, 2.75) is 31.1 Å². The van der Waals surface area contributed by atoms with Crippen LogP contribution in [0.15, 0.2) is 47.4 Å². The molecule has 3 rings (SSSR count). The van der Waals surface area contributed by atoms with Gasteiger partial charge in [-0.3, -0.25) is 9.69 Å². The van der Waals surface area contributed by atoms with Crippen LogP contribution < -0.4 is 4.74 Å². The minimum absolute atomic E-state index is 0.0630. The second kappa shape index (κ2) is 9.47. The number of hydrogen-bond acceptors (Lipinski definition) is 5. The molecule has 1 aliphatic rings. The Balaban J connectivity index is 1.61. The lowest BCUT2D eigenvalue weighted by Gasteiger charge is -2.34. The number of carbonyl (C=O) groups is 1. The number of nitrogens with zero attached hydrogens (tertiary/aromatic N) is 2. The Kier molecular flexibility index (Phi) is 7.11. The Bertz CT molecular complexity index is 1060. The Hall–Kier alpha value is -2.63. The fourth-order valence-corrected chi connectivity index (χ4v) is 4.97. The van der Waals surface area contributed by atoms with Crippen LogP contribution in [0.25, 0.3) is 0 Å². The fraction of sp³-hybridized carbons (Fsp3) is 0.381. The number of alkyl halides is 3. The molecule has 11 heteroatoms. The zero-order valence-corrected chi connectivity index (χ0v) is 18.1. The van der Waals surface area contributed by atoms with E-state index in [1.165, 1.54) is 28.6 Å². The topological polar surface area (TPSA) is 87.2 Å². The molecule has 0 radical (unpaired) electrons. The van der Waals surface area contributed by atoms with Crippen LogP contribution in [0.5, 0.6) is 5.75 Å². The number of carboxylic acids is 1. The van der Waals surface area contributed by atoms with Crippen LogP contribution in [0.1, 0.15) is 16.7 Å². The molecule has 0 saturated carbocycles. The number of hydrogen-bond donors (Lipinski definition) is 1. The molecule has 1 saturated heterocycles. The molecule has 2 aromatic carbocycles. The predicted molar refractivity (Wildman–Crippen MR) is 110 cm³/mol. The van der Waals surface area contributed by atoms with Crippen LogP contribution in [-0.2, 0) is 27.8 Å². The second-order valence-corrected chi connectivity index (χ2v) is 9.47. The quantitative estimate of drug-likeness (QED) is 0.667. The van der Waals surface area contributed by atoms with Crippen molar-refractivity contribution in [3.8, 4) is 5.75 Å².